The molecule has 1 saturated carbocycles. The van der Waals surface area contributed by atoms with Crippen LogP contribution in [0, 0.1) is 17.7 Å². The van der Waals surface area contributed by atoms with Crippen LogP contribution < -0.4 is 5.32 Å². The molecule has 2 rings (SSSR count). The van der Waals surface area contributed by atoms with Crippen LogP contribution in [0.5, 0.6) is 0 Å². The van der Waals surface area contributed by atoms with Gasteiger partial charge in [0.2, 0.25) is 0 Å². The van der Waals surface area contributed by atoms with Gasteiger partial charge in [-0.1, -0.05) is 35.8 Å². The van der Waals surface area contributed by atoms with E-state index in [0.717, 1.165) is 21.9 Å². The predicted octanol–water partition coefficient (Wildman–Crippen LogP) is 4.50. The van der Waals surface area contributed by atoms with E-state index in [1.165, 1.54) is 25.3 Å². The fourth-order valence-electron chi connectivity index (χ4n) is 3.03. The maximum atomic E-state index is 13.7. The van der Waals surface area contributed by atoms with Gasteiger partial charge in [-0.05, 0) is 43.2 Å². The second-order valence-corrected chi connectivity index (χ2v) is 6.65. The van der Waals surface area contributed by atoms with Gasteiger partial charge in [0.1, 0.15) is 5.82 Å². The molecule has 0 aromatic heterocycles. The van der Waals surface area contributed by atoms with Gasteiger partial charge in [-0.2, -0.15) is 0 Å². The van der Waals surface area contributed by atoms with Crippen LogP contribution in [0.25, 0.3) is 0 Å². The van der Waals surface area contributed by atoms with E-state index in [4.69, 9.17) is 0 Å². The number of benzene rings is 1. The summed E-state index contributed by atoms with van der Waals surface area (Å²) in [5.41, 5.74) is 0.754. The van der Waals surface area contributed by atoms with E-state index in [1.54, 1.807) is 0 Å². The van der Waals surface area contributed by atoms with Gasteiger partial charge in [0.15, 0.2) is 0 Å². The van der Waals surface area contributed by atoms with Gasteiger partial charge in [-0.15, -0.1) is 0 Å². The minimum Gasteiger partial charge on any atom is -0.310 e. The number of hydrogen-bond acceptors (Lipinski definition) is 1. The van der Waals surface area contributed by atoms with E-state index in [9.17, 15) is 4.39 Å². The lowest BCUT2D eigenvalue weighted by molar-refractivity contribution is 0.237. The lowest BCUT2D eigenvalue weighted by Gasteiger charge is -2.32. The zero-order chi connectivity index (χ0) is 13.1. The van der Waals surface area contributed by atoms with Gasteiger partial charge in [-0.25, -0.2) is 4.39 Å². The molecule has 1 N–H and O–H groups in total. The molecular weight excluding hydrogens is 293 g/mol. The van der Waals surface area contributed by atoms with E-state index >= 15 is 0 Å². The topological polar surface area (TPSA) is 12.0 Å². The molecule has 0 amide bonds. The van der Waals surface area contributed by atoms with Crippen molar-refractivity contribution in [3.8, 4) is 0 Å². The molecule has 1 aromatic carbocycles. The van der Waals surface area contributed by atoms with Gasteiger partial charge in [-0.3, -0.25) is 0 Å². The third-order valence-corrected chi connectivity index (χ3v) is 4.27. The molecule has 1 aliphatic carbocycles. The van der Waals surface area contributed by atoms with Gasteiger partial charge in [0.25, 0.3) is 0 Å². The van der Waals surface area contributed by atoms with Gasteiger partial charge in [0.05, 0.1) is 0 Å². The van der Waals surface area contributed by atoms with Crippen molar-refractivity contribution in [2.75, 3.05) is 0 Å². The molecule has 18 heavy (non-hydrogen) atoms. The Kier molecular flexibility index (Phi) is 4.79. The van der Waals surface area contributed by atoms with Crippen molar-refractivity contribution in [1.82, 2.24) is 5.32 Å². The summed E-state index contributed by atoms with van der Waals surface area (Å²) in [6.07, 6.45) is 3.75. The summed E-state index contributed by atoms with van der Waals surface area (Å²) in [6.45, 7) is 5.25. The zero-order valence-electron chi connectivity index (χ0n) is 11.0. The Morgan fingerprint density at radius 1 is 1.22 bits per heavy atom. The Labute approximate surface area is 117 Å². The SMILES string of the molecule is CC1CC(C)CC(NCc2ccc(Br)cc2F)C1. The normalized spacial score (nSPS) is 28.3. The highest BCUT2D eigenvalue weighted by atomic mass is 79.9. The third kappa shape index (κ3) is 3.79. The van der Waals surface area contributed by atoms with Gasteiger partial charge in [0, 0.05) is 22.6 Å². The molecule has 1 aliphatic rings. The molecule has 1 nitrogen and oxygen atoms in total. The molecule has 0 bridgehead atoms. The average molecular weight is 314 g/mol. The Morgan fingerprint density at radius 2 is 1.89 bits per heavy atom. The van der Waals surface area contributed by atoms with E-state index < -0.39 is 0 Å². The van der Waals surface area contributed by atoms with Crippen LogP contribution in [-0.2, 0) is 6.54 Å². The second kappa shape index (κ2) is 6.16. The first-order valence-electron chi connectivity index (χ1n) is 6.72. The molecule has 0 aliphatic heterocycles. The Morgan fingerprint density at radius 3 is 2.50 bits per heavy atom. The van der Waals surface area contributed by atoms with Crippen molar-refractivity contribution in [1.29, 1.82) is 0 Å². The molecule has 0 heterocycles. The van der Waals surface area contributed by atoms with Crippen molar-refractivity contribution in [2.24, 2.45) is 11.8 Å². The van der Waals surface area contributed by atoms with Crippen molar-refractivity contribution in [3.63, 3.8) is 0 Å². The summed E-state index contributed by atoms with van der Waals surface area (Å²) in [6, 6.07) is 5.81. The highest BCUT2D eigenvalue weighted by molar-refractivity contribution is 9.10. The van der Waals surface area contributed by atoms with Gasteiger partial charge >= 0.3 is 0 Å². The molecule has 0 saturated heterocycles. The van der Waals surface area contributed by atoms with Crippen molar-refractivity contribution in [3.05, 3.63) is 34.1 Å². The van der Waals surface area contributed by atoms with E-state index in [1.807, 2.05) is 12.1 Å². The monoisotopic (exact) mass is 313 g/mol. The average Bonchev–Trinajstić information content (AvgIpc) is 2.26. The van der Waals surface area contributed by atoms with Crippen LogP contribution in [0.15, 0.2) is 22.7 Å². The Balaban J connectivity index is 1.91. The number of rotatable bonds is 3. The fraction of sp³-hybridized carbons (Fsp3) is 0.600. The smallest absolute Gasteiger partial charge is 0.128 e. The number of hydrogen-bond donors (Lipinski definition) is 1. The molecule has 3 heteroatoms. The van der Waals surface area contributed by atoms with E-state index in [2.05, 4.69) is 35.1 Å². The maximum absolute atomic E-state index is 13.7. The molecule has 0 radical (unpaired) electrons. The molecule has 2 atom stereocenters. The Bertz CT molecular complexity index is 397. The molecule has 2 unspecified atom stereocenters. The van der Waals surface area contributed by atoms with Crippen molar-refractivity contribution < 1.29 is 4.39 Å². The fourth-order valence-corrected chi connectivity index (χ4v) is 3.37. The van der Waals surface area contributed by atoms with Crippen molar-refractivity contribution in [2.45, 2.75) is 45.7 Å². The standard InChI is InChI=1S/C15H21BrFN/c1-10-5-11(2)7-14(6-10)18-9-12-3-4-13(16)8-15(12)17/h3-4,8,10-11,14,18H,5-7,9H2,1-2H3. The third-order valence-electron chi connectivity index (χ3n) is 3.77. The summed E-state index contributed by atoms with van der Waals surface area (Å²) in [5, 5.41) is 3.50. The number of nitrogens with one attached hydrogen (secondary N) is 1. The Hall–Kier alpha value is -0.410. The van der Waals surface area contributed by atoms with Crippen LogP contribution in [0.3, 0.4) is 0 Å². The molecule has 1 fully saturated rings. The van der Waals surface area contributed by atoms with Crippen molar-refractivity contribution >= 4 is 15.9 Å². The molecule has 100 valence electrons. The summed E-state index contributed by atoms with van der Waals surface area (Å²) in [7, 11) is 0. The van der Waals surface area contributed by atoms with Crippen LogP contribution in [0.4, 0.5) is 4.39 Å². The van der Waals surface area contributed by atoms with E-state index in [-0.39, 0.29) is 5.82 Å². The quantitative estimate of drug-likeness (QED) is 0.866. The van der Waals surface area contributed by atoms with Crippen LogP contribution >= 0.6 is 15.9 Å². The number of halogens is 2. The minimum atomic E-state index is -0.131. The largest absolute Gasteiger partial charge is 0.310 e. The lowest BCUT2D eigenvalue weighted by atomic mass is 9.80. The summed E-state index contributed by atoms with van der Waals surface area (Å²) in [4.78, 5) is 0. The van der Waals surface area contributed by atoms with Crippen LogP contribution in [0.1, 0.15) is 38.7 Å². The van der Waals surface area contributed by atoms with E-state index in [0.29, 0.717) is 12.6 Å². The molecule has 0 spiro atoms. The minimum absolute atomic E-state index is 0.131. The summed E-state index contributed by atoms with van der Waals surface area (Å²) >= 11 is 3.28. The highest BCUT2D eigenvalue weighted by Crippen LogP contribution is 2.28. The van der Waals surface area contributed by atoms with Crippen LogP contribution in [0.2, 0.25) is 0 Å². The summed E-state index contributed by atoms with van der Waals surface area (Å²) in [5.74, 6) is 1.43. The first-order chi connectivity index (χ1) is 8.54. The lowest BCUT2D eigenvalue weighted by Crippen LogP contribution is -2.36. The highest BCUT2D eigenvalue weighted by Gasteiger charge is 2.23. The zero-order valence-corrected chi connectivity index (χ0v) is 12.6. The van der Waals surface area contributed by atoms with Crippen LogP contribution in [-0.4, -0.2) is 6.04 Å². The first-order valence-corrected chi connectivity index (χ1v) is 7.51. The first kappa shape index (κ1) is 14.0. The maximum Gasteiger partial charge on any atom is 0.128 e. The summed E-state index contributed by atoms with van der Waals surface area (Å²) < 4.78 is 14.5. The predicted molar refractivity (Wildman–Crippen MR) is 76.9 cm³/mol. The molecular formula is C15H21BrFN. The second-order valence-electron chi connectivity index (χ2n) is 5.73. The van der Waals surface area contributed by atoms with Gasteiger partial charge < -0.3 is 5.32 Å². The molecule has 1 aromatic rings.